The molecule has 2 unspecified atom stereocenters. The lowest BCUT2D eigenvalue weighted by Crippen LogP contribution is -2.36. The van der Waals surface area contributed by atoms with Crippen LogP contribution in [-0.4, -0.2) is 17.9 Å². The summed E-state index contributed by atoms with van der Waals surface area (Å²) in [6, 6.07) is 15.9. The van der Waals surface area contributed by atoms with E-state index in [2.05, 4.69) is 5.32 Å². The quantitative estimate of drug-likeness (QED) is 0.513. The molecule has 1 saturated carbocycles. The number of allylic oxidation sites excluding steroid dienone is 3. The van der Waals surface area contributed by atoms with Crippen molar-refractivity contribution < 1.29 is 14.3 Å². The van der Waals surface area contributed by atoms with E-state index in [1.807, 2.05) is 62.4 Å². The largest absolute Gasteiger partial charge is 0.459 e. The van der Waals surface area contributed by atoms with E-state index in [4.69, 9.17) is 16.3 Å². The van der Waals surface area contributed by atoms with Gasteiger partial charge in [-0.2, -0.15) is 0 Å². The van der Waals surface area contributed by atoms with Gasteiger partial charge in [0.15, 0.2) is 5.78 Å². The highest BCUT2D eigenvalue weighted by Crippen LogP contribution is 2.46. The smallest absolute Gasteiger partial charge is 0.337 e. The molecule has 2 aromatic rings. The van der Waals surface area contributed by atoms with Crippen molar-refractivity contribution in [3.8, 4) is 0 Å². The van der Waals surface area contributed by atoms with E-state index >= 15 is 0 Å². The normalized spacial score (nSPS) is 23.1. The molecule has 2 aromatic carbocycles. The molecule has 0 aromatic heterocycles. The lowest BCUT2D eigenvalue weighted by molar-refractivity contribution is -0.144. The second-order valence-electron chi connectivity index (χ2n) is 9.79. The van der Waals surface area contributed by atoms with Crippen LogP contribution >= 0.6 is 11.6 Å². The fraction of sp³-hybridized carbons (Fsp3) is 0.379. The van der Waals surface area contributed by atoms with Gasteiger partial charge in [0.2, 0.25) is 0 Å². The number of hydrogen-bond donors (Lipinski definition) is 1. The Hall–Kier alpha value is -2.85. The average molecular weight is 476 g/mol. The third kappa shape index (κ3) is 4.44. The van der Waals surface area contributed by atoms with Crippen LogP contribution in [0.1, 0.15) is 74.0 Å². The van der Waals surface area contributed by atoms with Crippen molar-refractivity contribution in [2.75, 3.05) is 0 Å². The molecule has 0 spiro atoms. The lowest BCUT2D eigenvalue weighted by atomic mass is 9.71. The number of ketones is 1. The Bertz CT molecular complexity index is 1170. The summed E-state index contributed by atoms with van der Waals surface area (Å²) >= 11 is 6.08. The first kappa shape index (κ1) is 22.9. The molecular formula is C29H30ClNO3. The van der Waals surface area contributed by atoms with Crippen molar-refractivity contribution in [3.63, 3.8) is 0 Å². The van der Waals surface area contributed by atoms with Gasteiger partial charge in [0, 0.05) is 34.3 Å². The van der Waals surface area contributed by atoms with Gasteiger partial charge in [-0.05, 0) is 75.1 Å². The fourth-order valence-corrected chi connectivity index (χ4v) is 5.72. The molecule has 1 N–H and O–H groups in total. The number of esters is 1. The zero-order valence-corrected chi connectivity index (χ0v) is 20.5. The van der Waals surface area contributed by atoms with Crippen LogP contribution in [0, 0.1) is 6.92 Å². The SMILES string of the molecule is CC1=C(C(=O)OC2CCCC2)C(c2ccc(C)cc2)C2=C(CC(c3ccc(Cl)cc3)CC2=O)N1. The van der Waals surface area contributed by atoms with Gasteiger partial charge in [-0.15, -0.1) is 0 Å². The molecule has 0 bridgehead atoms. The van der Waals surface area contributed by atoms with Gasteiger partial charge < -0.3 is 10.1 Å². The fourth-order valence-electron chi connectivity index (χ4n) is 5.59. The van der Waals surface area contributed by atoms with Gasteiger partial charge in [-0.3, -0.25) is 4.79 Å². The summed E-state index contributed by atoms with van der Waals surface area (Å²) in [5.74, 6) is -0.557. The van der Waals surface area contributed by atoms with E-state index in [1.54, 1.807) is 0 Å². The van der Waals surface area contributed by atoms with Crippen molar-refractivity contribution in [2.45, 2.75) is 70.3 Å². The van der Waals surface area contributed by atoms with E-state index in [1.165, 1.54) is 0 Å². The summed E-state index contributed by atoms with van der Waals surface area (Å²) in [7, 11) is 0. The molecule has 5 rings (SSSR count). The first-order valence-electron chi connectivity index (χ1n) is 12.2. The minimum atomic E-state index is -0.413. The summed E-state index contributed by atoms with van der Waals surface area (Å²) in [6.45, 7) is 3.96. The Labute approximate surface area is 206 Å². The molecule has 176 valence electrons. The standard InChI is InChI=1S/C29H30ClNO3/c1-17-7-9-20(10-8-17)27-26(29(33)34-23-5-3-4-6-23)18(2)31-24-15-21(16-25(32)28(24)27)19-11-13-22(30)14-12-19/h7-14,21,23,27,31H,3-6,15-16H2,1-2H3. The van der Waals surface area contributed by atoms with Gasteiger partial charge in [0.25, 0.3) is 0 Å². The maximum atomic E-state index is 13.7. The lowest BCUT2D eigenvalue weighted by Gasteiger charge is -2.37. The molecule has 0 saturated heterocycles. The monoisotopic (exact) mass is 475 g/mol. The number of carbonyl (C=O) groups is 2. The number of dihydropyridines is 1. The summed E-state index contributed by atoms with van der Waals surface area (Å²) in [5, 5.41) is 4.12. The van der Waals surface area contributed by atoms with Crippen LogP contribution < -0.4 is 5.32 Å². The maximum absolute atomic E-state index is 13.7. The first-order chi connectivity index (χ1) is 16.4. The van der Waals surface area contributed by atoms with Gasteiger partial charge in [-0.25, -0.2) is 4.79 Å². The summed E-state index contributed by atoms with van der Waals surface area (Å²) < 4.78 is 5.93. The molecule has 1 aliphatic heterocycles. The van der Waals surface area contributed by atoms with Gasteiger partial charge in [0.1, 0.15) is 6.10 Å². The third-order valence-corrected chi connectivity index (χ3v) is 7.63. The van der Waals surface area contributed by atoms with Crippen LogP contribution in [-0.2, 0) is 14.3 Å². The summed E-state index contributed by atoms with van der Waals surface area (Å²) in [4.78, 5) is 27.1. The van der Waals surface area contributed by atoms with Crippen molar-refractivity contribution >= 4 is 23.4 Å². The number of hydrogen-bond acceptors (Lipinski definition) is 4. The number of halogens is 1. The summed E-state index contributed by atoms with van der Waals surface area (Å²) in [5.41, 5.74) is 6.15. The molecule has 2 aliphatic carbocycles. The Morgan fingerprint density at radius 2 is 1.59 bits per heavy atom. The van der Waals surface area contributed by atoms with Crippen LogP contribution in [0.3, 0.4) is 0 Å². The number of Topliss-reactive ketones (excluding diaryl/α,β-unsaturated/α-hetero) is 1. The predicted octanol–water partition coefficient (Wildman–Crippen LogP) is 6.50. The number of carbonyl (C=O) groups excluding carboxylic acids is 2. The van der Waals surface area contributed by atoms with E-state index in [9.17, 15) is 9.59 Å². The van der Waals surface area contributed by atoms with E-state index < -0.39 is 5.92 Å². The van der Waals surface area contributed by atoms with Gasteiger partial charge in [0.05, 0.1) is 5.57 Å². The number of rotatable bonds is 4. The highest BCUT2D eigenvalue weighted by molar-refractivity contribution is 6.30. The molecular weight excluding hydrogens is 446 g/mol. The first-order valence-corrected chi connectivity index (χ1v) is 12.6. The van der Waals surface area contributed by atoms with Crippen LogP contribution in [0.5, 0.6) is 0 Å². The van der Waals surface area contributed by atoms with Crippen LogP contribution in [0.4, 0.5) is 0 Å². The van der Waals surface area contributed by atoms with E-state index in [0.29, 0.717) is 29.0 Å². The number of nitrogens with one attached hydrogen (secondary N) is 1. The molecule has 0 amide bonds. The molecule has 34 heavy (non-hydrogen) atoms. The van der Waals surface area contributed by atoms with Crippen LogP contribution in [0.15, 0.2) is 71.1 Å². The van der Waals surface area contributed by atoms with Crippen LogP contribution in [0.2, 0.25) is 5.02 Å². The average Bonchev–Trinajstić information content (AvgIpc) is 3.32. The number of aryl methyl sites for hydroxylation is 1. The van der Waals surface area contributed by atoms with Crippen molar-refractivity contribution in [3.05, 3.63) is 92.8 Å². The zero-order chi connectivity index (χ0) is 23.8. The molecule has 1 fully saturated rings. The highest BCUT2D eigenvalue weighted by Gasteiger charge is 2.42. The van der Waals surface area contributed by atoms with E-state index in [0.717, 1.165) is 53.8 Å². The van der Waals surface area contributed by atoms with E-state index in [-0.39, 0.29) is 23.8 Å². The topological polar surface area (TPSA) is 55.4 Å². The third-order valence-electron chi connectivity index (χ3n) is 7.38. The minimum Gasteiger partial charge on any atom is -0.459 e. The van der Waals surface area contributed by atoms with Crippen molar-refractivity contribution in [1.82, 2.24) is 5.32 Å². The molecule has 1 heterocycles. The number of benzene rings is 2. The Morgan fingerprint density at radius 1 is 0.941 bits per heavy atom. The second kappa shape index (κ2) is 9.42. The second-order valence-corrected chi connectivity index (χ2v) is 10.2. The molecule has 4 nitrogen and oxygen atoms in total. The Balaban J connectivity index is 1.53. The number of ether oxygens (including phenoxy) is 1. The Kier molecular flexibility index (Phi) is 6.35. The van der Waals surface area contributed by atoms with Crippen molar-refractivity contribution in [1.29, 1.82) is 0 Å². The Morgan fingerprint density at radius 3 is 2.26 bits per heavy atom. The highest BCUT2D eigenvalue weighted by atomic mass is 35.5. The minimum absolute atomic E-state index is 0.0295. The maximum Gasteiger partial charge on any atom is 0.337 e. The summed E-state index contributed by atoms with van der Waals surface area (Å²) in [6.07, 6.45) is 5.11. The predicted molar refractivity (Wildman–Crippen MR) is 134 cm³/mol. The van der Waals surface area contributed by atoms with Crippen molar-refractivity contribution in [2.24, 2.45) is 0 Å². The molecule has 2 atom stereocenters. The molecule has 0 radical (unpaired) electrons. The van der Waals surface area contributed by atoms with Crippen LogP contribution in [0.25, 0.3) is 0 Å². The molecule has 5 heteroatoms. The van der Waals surface area contributed by atoms with Gasteiger partial charge >= 0.3 is 5.97 Å². The zero-order valence-electron chi connectivity index (χ0n) is 19.7. The van der Waals surface area contributed by atoms with Gasteiger partial charge in [-0.1, -0.05) is 53.6 Å². The molecule has 3 aliphatic rings.